The van der Waals surface area contributed by atoms with Crippen molar-refractivity contribution in [3.63, 3.8) is 0 Å². The van der Waals surface area contributed by atoms with Crippen LogP contribution < -0.4 is 9.62 Å². The lowest BCUT2D eigenvalue weighted by Crippen LogP contribution is -2.45. The molecule has 1 amide bonds. The van der Waals surface area contributed by atoms with Crippen molar-refractivity contribution in [1.29, 1.82) is 0 Å². The number of alkyl halides is 3. The molecule has 0 aliphatic heterocycles. The van der Waals surface area contributed by atoms with Gasteiger partial charge in [-0.3, -0.25) is 9.10 Å². The molecule has 0 aliphatic carbocycles. The van der Waals surface area contributed by atoms with E-state index in [0.29, 0.717) is 22.0 Å². The third kappa shape index (κ3) is 5.72. The van der Waals surface area contributed by atoms with Crippen LogP contribution in [0.15, 0.2) is 48.5 Å². The number of rotatable bonds is 6. The van der Waals surface area contributed by atoms with Gasteiger partial charge in [0.25, 0.3) is 0 Å². The zero-order valence-electron chi connectivity index (χ0n) is 16.5. The third-order valence-electron chi connectivity index (χ3n) is 4.36. The minimum Gasteiger partial charge on any atom is -0.324 e. The number of nitrogens with zero attached hydrogens (tertiary/aromatic N) is 1. The van der Waals surface area contributed by atoms with E-state index in [1.165, 1.54) is 13.0 Å². The zero-order chi connectivity index (χ0) is 22.0. The number of anilines is 2. The predicted molar refractivity (Wildman–Crippen MR) is 107 cm³/mol. The number of hydrogen-bond acceptors (Lipinski definition) is 3. The van der Waals surface area contributed by atoms with E-state index in [2.05, 4.69) is 5.32 Å². The normalized spacial score (nSPS) is 13.2. The van der Waals surface area contributed by atoms with Gasteiger partial charge < -0.3 is 5.32 Å². The number of hydrogen-bond donors (Lipinski definition) is 1. The van der Waals surface area contributed by atoms with Gasteiger partial charge in [0.05, 0.1) is 17.5 Å². The molecule has 0 radical (unpaired) electrons. The van der Waals surface area contributed by atoms with Gasteiger partial charge in [-0.1, -0.05) is 32.0 Å². The van der Waals surface area contributed by atoms with Crippen molar-refractivity contribution in [1.82, 2.24) is 0 Å². The van der Waals surface area contributed by atoms with E-state index >= 15 is 0 Å². The van der Waals surface area contributed by atoms with E-state index in [1.54, 1.807) is 12.1 Å². The number of amides is 1. The van der Waals surface area contributed by atoms with E-state index in [4.69, 9.17) is 0 Å². The highest BCUT2D eigenvalue weighted by molar-refractivity contribution is 7.92. The molecule has 2 aromatic rings. The number of nitrogens with one attached hydrogen (secondary N) is 1. The van der Waals surface area contributed by atoms with Crippen molar-refractivity contribution in [3.8, 4) is 0 Å². The fraction of sp³-hybridized carbons (Fsp3) is 0.350. The number of carbonyl (C=O) groups excluding carboxylic acids is 1. The number of halogens is 3. The van der Waals surface area contributed by atoms with Crippen LogP contribution in [0, 0.1) is 0 Å². The van der Waals surface area contributed by atoms with Crippen LogP contribution in [0.25, 0.3) is 0 Å². The van der Waals surface area contributed by atoms with E-state index in [0.717, 1.165) is 24.0 Å². The van der Waals surface area contributed by atoms with Crippen LogP contribution in [-0.2, 0) is 21.0 Å². The molecular formula is C20H23F3N2O3S. The van der Waals surface area contributed by atoms with Gasteiger partial charge in [-0.25, -0.2) is 8.42 Å². The van der Waals surface area contributed by atoms with Gasteiger partial charge in [0.15, 0.2) is 0 Å². The van der Waals surface area contributed by atoms with Crippen LogP contribution in [0.2, 0.25) is 0 Å². The average molecular weight is 428 g/mol. The molecule has 158 valence electrons. The quantitative estimate of drug-likeness (QED) is 0.730. The highest BCUT2D eigenvalue weighted by atomic mass is 32.2. The van der Waals surface area contributed by atoms with Crippen LogP contribution in [0.5, 0.6) is 0 Å². The molecule has 0 saturated carbocycles. The summed E-state index contributed by atoms with van der Waals surface area (Å²) < 4.78 is 64.3. The molecule has 0 spiro atoms. The van der Waals surface area contributed by atoms with Crippen molar-refractivity contribution in [2.24, 2.45) is 0 Å². The average Bonchev–Trinajstić information content (AvgIpc) is 2.60. The van der Waals surface area contributed by atoms with Gasteiger partial charge in [-0.05, 0) is 48.7 Å². The molecule has 0 heterocycles. The molecule has 29 heavy (non-hydrogen) atoms. The molecule has 1 atom stereocenters. The van der Waals surface area contributed by atoms with Gasteiger partial charge in [0, 0.05) is 5.69 Å². The van der Waals surface area contributed by atoms with Crippen LogP contribution in [0.4, 0.5) is 24.5 Å². The minimum absolute atomic E-state index is 0.236. The second-order valence-corrected chi connectivity index (χ2v) is 8.91. The third-order valence-corrected chi connectivity index (χ3v) is 5.60. The van der Waals surface area contributed by atoms with Gasteiger partial charge in [0.1, 0.15) is 6.04 Å². The number of benzene rings is 2. The van der Waals surface area contributed by atoms with Crippen LogP contribution >= 0.6 is 0 Å². The van der Waals surface area contributed by atoms with Crippen LogP contribution in [0.1, 0.15) is 37.8 Å². The van der Waals surface area contributed by atoms with E-state index in [9.17, 15) is 26.4 Å². The zero-order valence-corrected chi connectivity index (χ0v) is 17.3. The summed E-state index contributed by atoms with van der Waals surface area (Å²) in [5.74, 6) is -0.356. The summed E-state index contributed by atoms with van der Waals surface area (Å²) in [5.41, 5.74) is 0.294. The largest absolute Gasteiger partial charge is 0.416 e. The summed E-state index contributed by atoms with van der Waals surface area (Å²) in [4.78, 5) is 12.6. The molecule has 2 rings (SSSR count). The Morgan fingerprint density at radius 2 is 1.62 bits per heavy atom. The van der Waals surface area contributed by atoms with Crippen molar-refractivity contribution in [3.05, 3.63) is 59.7 Å². The maximum atomic E-state index is 13.0. The Labute approximate surface area is 168 Å². The number of sulfonamides is 1. The molecular weight excluding hydrogens is 405 g/mol. The molecule has 0 saturated heterocycles. The van der Waals surface area contributed by atoms with E-state index in [-0.39, 0.29) is 5.69 Å². The van der Waals surface area contributed by atoms with E-state index < -0.39 is 33.7 Å². The lowest BCUT2D eigenvalue weighted by atomic mass is 10.0. The first-order valence-corrected chi connectivity index (χ1v) is 10.7. The second-order valence-electron chi connectivity index (χ2n) is 7.05. The smallest absolute Gasteiger partial charge is 0.324 e. The lowest BCUT2D eigenvalue weighted by Gasteiger charge is -2.28. The Balaban J connectivity index is 2.32. The molecule has 5 nitrogen and oxygen atoms in total. The summed E-state index contributed by atoms with van der Waals surface area (Å²) in [6, 6.07) is 9.66. The monoisotopic (exact) mass is 428 g/mol. The highest BCUT2D eigenvalue weighted by Gasteiger charge is 2.34. The predicted octanol–water partition coefficient (Wildman–Crippen LogP) is 4.62. The standard InChI is InChI=1S/C20H23F3N2O3S/c1-13(2)15-8-10-17(11-9-15)24-19(26)14(3)25(29(4,27)28)18-7-5-6-16(12-18)20(21,22)23/h5-14H,1-4H3,(H,24,26)/t14-/m1/s1. The van der Waals surface area contributed by atoms with Crippen molar-refractivity contribution < 1.29 is 26.4 Å². The van der Waals surface area contributed by atoms with E-state index in [1.807, 2.05) is 26.0 Å². The summed E-state index contributed by atoms with van der Waals surface area (Å²) in [6.45, 7) is 5.36. The summed E-state index contributed by atoms with van der Waals surface area (Å²) in [5, 5.41) is 2.61. The Morgan fingerprint density at radius 3 is 2.10 bits per heavy atom. The first-order valence-electron chi connectivity index (χ1n) is 8.88. The molecule has 0 aromatic heterocycles. The van der Waals surface area contributed by atoms with Gasteiger partial charge >= 0.3 is 6.18 Å². The summed E-state index contributed by atoms with van der Waals surface area (Å²) >= 11 is 0. The van der Waals surface area contributed by atoms with Crippen LogP contribution in [0.3, 0.4) is 0 Å². The van der Waals surface area contributed by atoms with Crippen molar-refractivity contribution in [2.75, 3.05) is 15.9 Å². The van der Waals surface area contributed by atoms with Crippen LogP contribution in [-0.4, -0.2) is 26.6 Å². The second kappa shape index (κ2) is 8.44. The lowest BCUT2D eigenvalue weighted by molar-refractivity contribution is -0.137. The Bertz CT molecular complexity index is 971. The fourth-order valence-electron chi connectivity index (χ4n) is 2.83. The Hall–Kier alpha value is -2.55. The topological polar surface area (TPSA) is 66.5 Å². The van der Waals surface area contributed by atoms with Gasteiger partial charge in [-0.15, -0.1) is 0 Å². The number of carbonyl (C=O) groups is 1. The summed E-state index contributed by atoms with van der Waals surface area (Å²) in [7, 11) is -4.03. The molecule has 0 unspecified atom stereocenters. The molecule has 2 aromatic carbocycles. The van der Waals surface area contributed by atoms with Crippen molar-refractivity contribution in [2.45, 2.75) is 38.9 Å². The molecule has 1 N–H and O–H groups in total. The van der Waals surface area contributed by atoms with Crippen molar-refractivity contribution >= 4 is 27.3 Å². The first-order chi connectivity index (χ1) is 13.3. The SMILES string of the molecule is CC(C)c1ccc(NC(=O)[C@@H](C)N(c2cccc(C(F)(F)F)c2)S(C)(=O)=O)cc1. The minimum atomic E-state index is -4.64. The fourth-order valence-corrected chi connectivity index (χ4v) is 3.99. The highest BCUT2D eigenvalue weighted by Crippen LogP contribution is 2.33. The van der Waals surface area contributed by atoms with Gasteiger partial charge in [-0.2, -0.15) is 13.2 Å². The molecule has 9 heteroatoms. The molecule has 0 fully saturated rings. The van der Waals surface area contributed by atoms with Gasteiger partial charge in [0.2, 0.25) is 15.9 Å². The summed E-state index contributed by atoms with van der Waals surface area (Å²) in [6.07, 6.45) is -3.79. The molecule has 0 bridgehead atoms. The molecule has 0 aliphatic rings. The first kappa shape index (κ1) is 22.7. The maximum absolute atomic E-state index is 13.0. The maximum Gasteiger partial charge on any atom is 0.416 e. The Morgan fingerprint density at radius 1 is 1.03 bits per heavy atom. The Kier molecular flexibility index (Phi) is 6.62.